The second-order valence-electron chi connectivity index (χ2n) is 4.20. The average molecular weight is 253 g/mol. The molecular weight excluding hydrogens is 244 g/mol. The van der Waals surface area contributed by atoms with E-state index in [1.807, 2.05) is 32.0 Å². The monoisotopic (exact) mass is 252 g/mol. The molecule has 1 aromatic carbocycles. The normalized spacial score (nSPS) is 16.2. The molecule has 3 rings (SSSR count). The van der Waals surface area contributed by atoms with Crippen molar-refractivity contribution >= 4 is 23.1 Å². The third-order valence-electron chi connectivity index (χ3n) is 2.60. The quantitative estimate of drug-likeness (QED) is 0.720. The van der Waals surface area contributed by atoms with E-state index in [4.69, 9.17) is 16.3 Å². The van der Waals surface area contributed by atoms with Gasteiger partial charge in [-0.15, -0.1) is 5.10 Å². The molecule has 0 aliphatic carbocycles. The van der Waals surface area contributed by atoms with Gasteiger partial charge in [0.15, 0.2) is 0 Å². The maximum absolute atomic E-state index is 5.98. The molecule has 5 heteroatoms. The topological polar surface area (TPSA) is 35.0 Å². The van der Waals surface area contributed by atoms with E-state index in [0.717, 1.165) is 21.9 Å². The van der Waals surface area contributed by atoms with Crippen molar-refractivity contribution in [3.8, 4) is 17.0 Å². The van der Waals surface area contributed by atoms with Gasteiger partial charge in [-0.05, 0) is 43.6 Å². The summed E-state index contributed by atoms with van der Waals surface area (Å²) in [6.07, 6.45) is 0. The summed E-state index contributed by atoms with van der Waals surface area (Å²) >= 11 is 7.35. The van der Waals surface area contributed by atoms with Gasteiger partial charge in [-0.25, -0.2) is 0 Å². The number of hydrogen-bond acceptors (Lipinski definition) is 4. The van der Waals surface area contributed by atoms with Crippen LogP contribution in [0.4, 0.5) is 0 Å². The third kappa shape index (κ3) is 1.33. The molecule has 0 fully saturated rings. The molecule has 82 valence electrons. The van der Waals surface area contributed by atoms with Crippen LogP contribution >= 0.6 is 23.1 Å². The largest absolute Gasteiger partial charge is 0.481 e. The van der Waals surface area contributed by atoms with E-state index in [9.17, 15) is 0 Å². The maximum atomic E-state index is 5.98. The van der Waals surface area contributed by atoms with Gasteiger partial charge in [0.05, 0.1) is 4.88 Å². The van der Waals surface area contributed by atoms with Crippen LogP contribution in [0, 0.1) is 0 Å². The summed E-state index contributed by atoms with van der Waals surface area (Å²) in [6, 6.07) is 5.56. The first-order valence-corrected chi connectivity index (χ1v) is 6.05. The Morgan fingerprint density at radius 1 is 1.38 bits per heavy atom. The van der Waals surface area contributed by atoms with Crippen molar-refractivity contribution in [3.05, 3.63) is 28.1 Å². The minimum Gasteiger partial charge on any atom is -0.481 e. The lowest BCUT2D eigenvalue weighted by Crippen LogP contribution is -2.27. The molecule has 1 aliphatic heterocycles. The van der Waals surface area contributed by atoms with Gasteiger partial charge in [0.25, 0.3) is 0 Å². The molecule has 1 aliphatic rings. The van der Waals surface area contributed by atoms with Gasteiger partial charge in [-0.3, -0.25) is 0 Å². The minimum atomic E-state index is -0.371. The molecule has 1 aromatic heterocycles. The number of nitrogens with zero attached hydrogens (tertiary/aromatic N) is 2. The average Bonchev–Trinajstić information content (AvgIpc) is 2.69. The Hall–Kier alpha value is -1.13. The van der Waals surface area contributed by atoms with E-state index in [0.29, 0.717) is 5.02 Å². The van der Waals surface area contributed by atoms with Crippen molar-refractivity contribution in [3.63, 3.8) is 0 Å². The summed E-state index contributed by atoms with van der Waals surface area (Å²) in [5, 5.41) is 4.85. The van der Waals surface area contributed by atoms with Gasteiger partial charge in [-0.2, -0.15) is 0 Å². The summed E-state index contributed by atoms with van der Waals surface area (Å²) < 4.78 is 9.93. The van der Waals surface area contributed by atoms with E-state index >= 15 is 0 Å². The number of halogens is 1. The zero-order chi connectivity index (χ0) is 11.3. The van der Waals surface area contributed by atoms with Crippen molar-refractivity contribution in [2.24, 2.45) is 0 Å². The molecule has 0 saturated carbocycles. The molecule has 16 heavy (non-hydrogen) atoms. The number of benzene rings is 1. The van der Waals surface area contributed by atoms with Crippen LogP contribution in [0.25, 0.3) is 11.3 Å². The lowest BCUT2D eigenvalue weighted by atomic mass is 9.97. The molecule has 0 unspecified atom stereocenters. The highest BCUT2D eigenvalue weighted by molar-refractivity contribution is 7.06. The van der Waals surface area contributed by atoms with Crippen molar-refractivity contribution < 1.29 is 4.74 Å². The maximum Gasteiger partial charge on any atom is 0.141 e. The van der Waals surface area contributed by atoms with E-state index in [1.165, 1.54) is 11.5 Å². The van der Waals surface area contributed by atoms with Crippen LogP contribution in [0.2, 0.25) is 5.02 Å². The van der Waals surface area contributed by atoms with Gasteiger partial charge < -0.3 is 4.74 Å². The Bertz CT molecular complexity index is 565. The first kappa shape index (κ1) is 10.1. The predicted molar refractivity (Wildman–Crippen MR) is 64.0 cm³/mol. The number of rotatable bonds is 0. The minimum absolute atomic E-state index is 0.371. The Morgan fingerprint density at radius 3 is 3.00 bits per heavy atom. The molecule has 0 bridgehead atoms. The second-order valence-corrected chi connectivity index (χ2v) is 5.39. The first-order valence-electron chi connectivity index (χ1n) is 4.90. The Balaban J connectivity index is 2.31. The second kappa shape index (κ2) is 3.18. The fourth-order valence-electron chi connectivity index (χ4n) is 1.86. The van der Waals surface area contributed by atoms with Crippen LogP contribution in [-0.4, -0.2) is 9.59 Å². The van der Waals surface area contributed by atoms with Crippen LogP contribution in [0.1, 0.15) is 18.7 Å². The van der Waals surface area contributed by atoms with Crippen molar-refractivity contribution in [1.82, 2.24) is 9.59 Å². The summed E-state index contributed by atoms with van der Waals surface area (Å²) in [5.41, 5.74) is 1.44. The predicted octanol–water partition coefficient (Wildman–Crippen LogP) is 3.49. The van der Waals surface area contributed by atoms with Crippen LogP contribution in [0.3, 0.4) is 0 Å². The van der Waals surface area contributed by atoms with Crippen molar-refractivity contribution in [2.45, 2.75) is 19.4 Å². The number of aromatic nitrogens is 2. The Kier molecular flexibility index (Phi) is 2.00. The highest BCUT2D eigenvalue weighted by atomic mass is 35.5. The smallest absolute Gasteiger partial charge is 0.141 e. The van der Waals surface area contributed by atoms with Crippen molar-refractivity contribution in [2.75, 3.05) is 0 Å². The number of hydrogen-bond donors (Lipinski definition) is 0. The molecule has 2 aromatic rings. The molecule has 0 saturated heterocycles. The van der Waals surface area contributed by atoms with Crippen LogP contribution < -0.4 is 4.74 Å². The summed E-state index contributed by atoms with van der Waals surface area (Å²) in [4.78, 5) is 1.04. The third-order valence-corrected chi connectivity index (χ3v) is 3.86. The number of fused-ring (bicyclic) bond motifs is 3. The molecule has 2 heterocycles. The fraction of sp³-hybridized carbons (Fsp3) is 0.273. The zero-order valence-corrected chi connectivity index (χ0v) is 10.4. The summed E-state index contributed by atoms with van der Waals surface area (Å²) in [5.74, 6) is 0.814. The van der Waals surface area contributed by atoms with Crippen LogP contribution in [0.15, 0.2) is 18.2 Å². The van der Waals surface area contributed by atoms with Gasteiger partial charge in [0.2, 0.25) is 0 Å². The van der Waals surface area contributed by atoms with E-state index in [2.05, 4.69) is 9.59 Å². The standard InChI is InChI=1S/C11H9ClN2OS/c1-11(2)10-9(13-14-16-10)7-5-6(12)3-4-8(7)15-11/h3-5H,1-2H3. The molecule has 0 atom stereocenters. The highest BCUT2D eigenvalue weighted by Crippen LogP contribution is 2.46. The van der Waals surface area contributed by atoms with E-state index in [1.54, 1.807) is 0 Å². The molecule has 0 amide bonds. The van der Waals surface area contributed by atoms with E-state index < -0.39 is 0 Å². The molecule has 0 N–H and O–H groups in total. The lowest BCUT2D eigenvalue weighted by Gasteiger charge is -2.30. The lowest BCUT2D eigenvalue weighted by molar-refractivity contribution is 0.109. The van der Waals surface area contributed by atoms with E-state index in [-0.39, 0.29) is 5.60 Å². The summed E-state index contributed by atoms with van der Waals surface area (Å²) in [6.45, 7) is 4.03. The van der Waals surface area contributed by atoms with Crippen LogP contribution in [0.5, 0.6) is 5.75 Å². The zero-order valence-electron chi connectivity index (χ0n) is 8.82. The summed E-state index contributed by atoms with van der Waals surface area (Å²) in [7, 11) is 0. The molecule has 3 nitrogen and oxygen atoms in total. The van der Waals surface area contributed by atoms with Crippen LogP contribution in [-0.2, 0) is 5.60 Å². The van der Waals surface area contributed by atoms with Gasteiger partial charge in [0, 0.05) is 10.6 Å². The molecular formula is C11H9ClN2OS. The Morgan fingerprint density at radius 2 is 2.19 bits per heavy atom. The van der Waals surface area contributed by atoms with Gasteiger partial charge in [0.1, 0.15) is 17.0 Å². The van der Waals surface area contributed by atoms with Gasteiger partial charge >= 0.3 is 0 Å². The highest BCUT2D eigenvalue weighted by Gasteiger charge is 2.35. The Labute approximate surface area is 102 Å². The van der Waals surface area contributed by atoms with Gasteiger partial charge in [-0.1, -0.05) is 16.1 Å². The number of ether oxygens (including phenoxy) is 1. The molecule has 0 spiro atoms. The molecule has 0 radical (unpaired) electrons. The van der Waals surface area contributed by atoms with Crippen molar-refractivity contribution in [1.29, 1.82) is 0 Å². The first-order chi connectivity index (χ1) is 7.58. The fourth-order valence-corrected chi connectivity index (χ4v) is 2.73. The SMILES string of the molecule is CC1(C)Oc2ccc(Cl)cc2-c2nnsc21.